The molecule has 2 aliphatic heterocycles. The lowest BCUT2D eigenvalue weighted by Gasteiger charge is -2.26. The smallest absolute Gasteiger partial charge is 0.376 e. The van der Waals surface area contributed by atoms with Crippen LogP contribution >= 0.6 is 0 Å². The van der Waals surface area contributed by atoms with Gasteiger partial charge in [0.1, 0.15) is 0 Å². The van der Waals surface area contributed by atoms with Crippen molar-refractivity contribution in [1.29, 1.82) is 0 Å². The van der Waals surface area contributed by atoms with Gasteiger partial charge in [-0.15, -0.1) is 0 Å². The highest BCUT2D eigenvalue weighted by atomic mass is 19.4. The average molecular weight is 341 g/mol. The van der Waals surface area contributed by atoms with E-state index in [2.05, 4.69) is 10.2 Å². The van der Waals surface area contributed by atoms with Crippen LogP contribution in [-0.4, -0.2) is 54.5 Å². The summed E-state index contributed by atoms with van der Waals surface area (Å²) in [5.74, 6) is -0.0545. The zero-order valence-corrected chi connectivity index (χ0v) is 13.5. The summed E-state index contributed by atoms with van der Waals surface area (Å²) in [7, 11) is 0. The summed E-state index contributed by atoms with van der Waals surface area (Å²) in [6, 6.07) is 5.39. The van der Waals surface area contributed by atoms with Crippen molar-refractivity contribution in [3.63, 3.8) is 0 Å². The molecule has 7 heteroatoms. The number of carbonyl (C=O) groups is 1. The van der Waals surface area contributed by atoms with Gasteiger partial charge in [-0.1, -0.05) is 6.07 Å². The summed E-state index contributed by atoms with van der Waals surface area (Å²) in [5, 5.41) is 2.83. The topological polar surface area (TPSA) is 35.6 Å². The zero-order valence-electron chi connectivity index (χ0n) is 13.5. The Kier molecular flexibility index (Phi) is 4.99. The fraction of sp³-hybridized carbons (Fsp3) is 0.588. The zero-order chi connectivity index (χ0) is 17.2. The lowest BCUT2D eigenvalue weighted by atomic mass is 10.2. The number of fused-ring (bicyclic) bond motifs is 1. The average Bonchev–Trinajstić information content (AvgIpc) is 2.89. The predicted octanol–water partition coefficient (Wildman–Crippen LogP) is 2.81. The molecule has 24 heavy (non-hydrogen) atoms. The molecule has 0 bridgehead atoms. The van der Waals surface area contributed by atoms with Gasteiger partial charge in [-0.05, 0) is 44.0 Å². The van der Waals surface area contributed by atoms with E-state index in [0.717, 1.165) is 51.2 Å². The number of anilines is 1. The molecule has 1 aromatic rings. The van der Waals surface area contributed by atoms with Gasteiger partial charge in [0, 0.05) is 31.4 Å². The standard InChI is InChI=1S/C17H22F3N3O/c18-17(19,20)13-4-1-5-14(10-13)21-11-16(24)23-9-3-8-22-7-2-6-15(22)12-23/h1,4-5,10,15,21H,2-3,6-9,11-12H2. The molecule has 0 radical (unpaired) electrons. The van der Waals surface area contributed by atoms with E-state index in [4.69, 9.17) is 0 Å². The minimum absolute atomic E-state index is 0.0219. The van der Waals surface area contributed by atoms with Crippen LogP contribution in [0.3, 0.4) is 0 Å². The van der Waals surface area contributed by atoms with Gasteiger partial charge in [0.25, 0.3) is 0 Å². The third-order valence-corrected chi connectivity index (χ3v) is 4.79. The molecule has 132 valence electrons. The van der Waals surface area contributed by atoms with Crippen LogP contribution in [0.2, 0.25) is 0 Å². The van der Waals surface area contributed by atoms with Crippen LogP contribution in [0.5, 0.6) is 0 Å². The first kappa shape index (κ1) is 17.1. The number of halogens is 3. The van der Waals surface area contributed by atoms with Crippen LogP contribution in [-0.2, 0) is 11.0 Å². The van der Waals surface area contributed by atoms with Crippen molar-refractivity contribution in [2.75, 3.05) is 38.0 Å². The molecule has 1 amide bonds. The third kappa shape index (κ3) is 4.01. The molecule has 0 spiro atoms. The molecule has 4 nitrogen and oxygen atoms in total. The van der Waals surface area contributed by atoms with E-state index in [-0.39, 0.29) is 12.5 Å². The summed E-state index contributed by atoms with van der Waals surface area (Å²) >= 11 is 0. The first-order valence-electron chi connectivity index (χ1n) is 8.36. The quantitative estimate of drug-likeness (QED) is 0.918. The minimum atomic E-state index is -4.38. The van der Waals surface area contributed by atoms with Crippen molar-refractivity contribution in [3.8, 4) is 0 Å². The van der Waals surface area contributed by atoms with Gasteiger partial charge in [0.15, 0.2) is 0 Å². The normalized spacial score (nSPS) is 22.1. The van der Waals surface area contributed by atoms with E-state index in [1.54, 1.807) is 6.07 Å². The molecule has 1 aromatic carbocycles. The number of rotatable bonds is 3. The number of hydrogen-bond acceptors (Lipinski definition) is 3. The molecule has 1 atom stereocenters. The largest absolute Gasteiger partial charge is 0.416 e. The van der Waals surface area contributed by atoms with Crippen LogP contribution in [0.4, 0.5) is 18.9 Å². The fourth-order valence-corrected chi connectivity index (χ4v) is 3.53. The Balaban J connectivity index is 1.57. The maximum absolute atomic E-state index is 12.7. The Morgan fingerprint density at radius 2 is 2.00 bits per heavy atom. The number of carbonyl (C=O) groups excluding carboxylic acids is 1. The van der Waals surface area contributed by atoms with Gasteiger partial charge >= 0.3 is 6.18 Å². The first-order valence-corrected chi connectivity index (χ1v) is 8.36. The number of amides is 1. The minimum Gasteiger partial charge on any atom is -0.376 e. The molecule has 3 rings (SSSR count). The molecule has 0 aromatic heterocycles. The second-order valence-electron chi connectivity index (χ2n) is 6.46. The number of alkyl halides is 3. The second-order valence-corrected chi connectivity index (χ2v) is 6.46. The SMILES string of the molecule is O=C(CNc1cccc(C(F)(F)F)c1)N1CCCN2CCCC2C1. The van der Waals surface area contributed by atoms with Crippen LogP contribution in [0.1, 0.15) is 24.8 Å². The lowest BCUT2D eigenvalue weighted by Crippen LogP contribution is -2.41. The maximum Gasteiger partial charge on any atom is 0.416 e. The fourth-order valence-electron chi connectivity index (χ4n) is 3.53. The summed E-state index contributed by atoms with van der Waals surface area (Å²) < 4.78 is 38.2. The highest BCUT2D eigenvalue weighted by Gasteiger charge is 2.31. The van der Waals surface area contributed by atoms with Crippen molar-refractivity contribution in [2.24, 2.45) is 0 Å². The molecule has 1 N–H and O–H groups in total. The van der Waals surface area contributed by atoms with E-state index in [1.807, 2.05) is 4.90 Å². The van der Waals surface area contributed by atoms with Gasteiger partial charge < -0.3 is 10.2 Å². The highest BCUT2D eigenvalue weighted by Crippen LogP contribution is 2.30. The molecule has 2 fully saturated rings. The van der Waals surface area contributed by atoms with Gasteiger partial charge in [-0.3, -0.25) is 9.69 Å². The molecular formula is C17H22F3N3O. The number of nitrogens with zero attached hydrogens (tertiary/aromatic N) is 2. The van der Waals surface area contributed by atoms with Gasteiger partial charge in [0.05, 0.1) is 12.1 Å². The second kappa shape index (κ2) is 7.01. The van der Waals surface area contributed by atoms with Crippen molar-refractivity contribution < 1.29 is 18.0 Å². The Labute approximate surface area is 139 Å². The van der Waals surface area contributed by atoms with Crippen molar-refractivity contribution >= 4 is 11.6 Å². The molecule has 0 aliphatic carbocycles. The van der Waals surface area contributed by atoms with Crippen molar-refractivity contribution in [1.82, 2.24) is 9.80 Å². The summed E-state index contributed by atoms with van der Waals surface area (Å²) in [6.45, 7) is 3.60. The molecule has 2 aliphatic rings. The summed E-state index contributed by atoms with van der Waals surface area (Å²) in [6.07, 6.45) is -1.13. The van der Waals surface area contributed by atoms with E-state index in [0.29, 0.717) is 11.7 Å². The third-order valence-electron chi connectivity index (χ3n) is 4.79. The van der Waals surface area contributed by atoms with E-state index in [9.17, 15) is 18.0 Å². The Morgan fingerprint density at radius 1 is 1.21 bits per heavy atom. The predicted molar refractivity (Wildman–Crippen MR) is 85.7 cm³/mol. The number of nitrogens with one attached hydrogen (secondary N) is 1. The summed E-state index contributed by atoms with van der Waals surface area (Å²) in [5.41, 5.74) is -0.396. The maximum atomic E-state index is 12.7. The Hall–Kier alpha value is -1.76. The molecule has 2 saturated heterocycles. The monoisotopic (exact) mass is 341 g/mol. The van der Waals surface area contributed by atoms with Crippen LogP contribution in [0.15, 0.2) is 24.3 Å². The molecule has 1 unspecified atom stereocenters. The summed E-state index contributed by atoms with van der Waals surface area (Å²) in [4.78, 5) is 16.7. The van der Waals surface area contributed by atoms with E-state index >= 15 is 0 Å². The van der Waals surface area contributed by atoms with E-state index in [1.165, 1.54) is 12.5 Å². The number of benzene rings is 1. The highest BCUT2D eigenvalue weighted by molar-refractivity contribution is 5.81. The molecular weight excluding hydrogens is 319 g/mol. The van der Waals surface area contributed by atoms with Crippen LogP contribution in [0, 0.1) is 0 Å². The number of hydrogen-bond donors (Lipinski definition) is 1. The Bertz CT molecular complexity index is 591. The molecule has 2 heterocycles. The first-order chi connectivity index (χ1) is 11.4. The molecule has 0 saturated carbocycles. The van der Waals surface area contributed by atoms with Crippen molar-refractivity contribution in [3.05, 3.63) is 29.8 Å². The van der Waals surface area contributed by atoms with Crippen molar-refractivity contribution in [2.45, 2.75) is 31.5 Å². The Morgan fingerprint density at radius 3 is 2.79 bits per heavy atom. The van der Waals surface area contributed by atoms with Gasteiger partial charge in [-0.2, -0.15) is 13.2 Å². The van der Waals surface area contributed by atoms with Gasteiger partial charge in [0.2, 0.25) is 5.91 Å². The van der Waals surface area contributed by atoms with Crippen LogP contribution in [0.25, 0.3) is 0 Å². The van der Waals surface area contributed by atoms with E-state index < -0.39 is 11.7 Å². The van der Waals surface area contributed by atoms with Crippen LogP contribution < -0.4 is 5.32 Å². The lowest BCUT2D eigenvalue weighted by molar-refractivity contribution is -0.137. The van der Waals surface area contributed by atoms with Gasteiger partial charge in [-0.25, -0.2) is 0 Å².